The van der Waals surface area contributed by atoms with Crippen molar-refractivity contribution in [2.75, 3.05) is 19.0 Å². The number of carbonyl (C=O) groups is 1. The van der Waals surface area contributed by atoms with E-state index in [1.165, 1.54) is 11.3 Å². The first-order valence-electron chi connectivity index (χ1n) is 6.30. The molecule has 0 aliphatic heterocycles. The number of hydrogen-bond donors (Lipinski definition) is 1. The molecule has 0 fully saturated rings. The lowest BCUT2D eigenvalue weighted by atomic mass is 10.3. The Morgan fingerprint density at radius 3 is 2.86 bits per heavy atom. The number of halogens is 1. The van der Waals surface area contributed by atoms with Gasteiger partial charge in [-0.3, -0.25) is 0 Å². The largest absolute Gasteiger partial charge is 0.495 e. The molecule has 1 N–H and O–H groups in total. The van der Waals surface area contributed by atoms with Crippen molar-refractivity contribution in [1.29, 1.82) is 0 Å². The molecule has 0 amide bonds. The number of hydrogen-bond acceptors (Lipinski definition) is 6. The average Bonchev–Trinajstić information content (AvgIpc) is 2.80. The number of carbonyl (C=O) groups excluding carboxylic acids is 1. The van der Waals surface area contributed by atoms with E-state index < -0.39 is 0 Å². The monoisotopic (exact) mass is 326 g/mol. The van der Waals surface area contributed by atoms with Crippen molar-refractivity contribution in [1.82, 2.24) is 4.98 Å². The van der Waals surface area contributed by atoms with Crippen LogP contribution in [0.4, 0.5) is 10.8 Å². The number of rotatable bonds is 5. The lowest BCUT2D eigenvalue weighted by Gasteiger charge is -2.06. The second-order valence-corrected chi connectivity index (χ2v) is 5.53. The molecule has 0 bridgehead atoms. The van der Waals surface area contributed by atoms with Crippen LogP contribution in [0.5, 0.6) is 5.75 Å². The van der Waals surface area contributed by atoms with Gasteiger partial charge in [0.1, 0.15) is 10.6 Å². The van der Waals surface area contributed by atoms with E-state index in [-0.39, 0.29) is 5.97 Å². The first kappa shape index (κ1) is 15.6. The second-order valence-electron chi connectivity index (χ2n) is 4.13. The summed E-state index contributed by atoms with van der Waals surface area (Å²) in [6, 6.07) is 5.32. The molecule has 0 spiro atoms. The number of ether oxygens (including phenoxy) is 2. The maximum Gasteiger partial charge on any atom is 0.350 e. The molecular formula is C14H15ClN2O3S. The number of benzene rings is 1. The summed E-state index contributed by atoms with van der Waals surface area (Å²) < 4.78 is 10.1. The number of nitrogens with zero attached hydrogens (tertiary/aromatic N) is 1. The molecular weight excluding hydrogens is 312 g/mol. The molecule has 7 heteroatoms. The SMILES string of the molecule is CCOC(=O)c1sc(Nc2ccc(OC)c(Cl)c2)nc1C. The number of thiazole rings is 1. The smallest absolute Gasteiger partial charge is 0.350 e. The first-order chi connectivity index (χ1) is 10.0. The highest BCUT2D eigenvalue weighted by atomic mass is 35.5. The zero-order valence-corrected chi connectivity index (χ0v) is 13.5. The van der Waals surface area contributed by atoms with Gasteiger partial charge in [-0.2, -0.15) is 0 Å². The van der Waals surface area contributed by atoms with Gasteiger partial charge in [-0.1, -0.05) is 22.9 Å². The van der Waals surface area contributed by atoms with Crippen molar-refractivity contribution in [3.05, 3.63) is 33.8 Å². The van der Waals surface area contributed by atoms with Gasteiger partial charge in [0.05, 0.1) is 24.4 Å². The topological polar surface area (TPSA) is 60.5 Å². The molecule has 0 saturated heterocycles. The molecule has 1 heterocycles. The van der Waals surface area contributed by atoms with Crippen LogP contribution in [-0.2, 0) is 4.74 Å². The molecule has 2 rings (SSSR count). The summed E-state index contributed by atoms with van der Waals surface area (Å²) in [6.07, 6.45) is 0. The third kappa shape index (κ3) is 3.65. The normalized spacial score (nSPS) is 10.3. The van der Waals surface area contributed by atoms with Gasteiger partial charge >= 0.3 is 5.97 Å². The molecule has 0 aliphatic carbocycles. The zero-order chi connectivity index (χ0) is 15.4. The van der Waals surface area contributed by atoms with E-state index in [9.17, 15) is 4.79 Å². The van der Waals surface area contributed by atoms with Crippen LogP contribution < -0.4 is 10.1 Å². The fourth-order valence-electron chi connectivity index (χ4n) is 1.70. The number of nitrogens with one attached hydrogen (secondary N) is 1. The maximum atomic E-state index is 11.8. The van der Waals surface area contributed by atoms with Gasteiger partial charge in [-0.05, 0) is 32.0 Å². The van der Waals surface area contributed by atoms with Gasteiger partial charge in [0, 0.05) is 5.69 Å². The van der Waals surface area contributed by atoms with E-state index in [0.29, 0.717) is 33.1 Å². The minimum atomic E-state index is -0.353. The molecule has 0 radical (unpaired) electrons. The van der Waals surface area contributed by atoms with Gasteiger partial charge in [0.2, 0.25) is 0 Å². The van der Waals surface area contributed by atoms with E-state index in [1.807, 2.05) is 6.07 Å². The zero-order valence-electron chi connectivity index (χ0n) is 11.9. The molecule has 5 nitrogen and oxygen atoms in total. The van der Waals surface area contributed by atoms with Crippen LogP contribution in [0.25, 0.3) is 0 Å². The van der Waals surface area contributed by atoms with E-state index in [1.54, 1.807) is 33.1 Å². The summed E-state index contributed by atoms with van der Waals surface area (Å²) in [5.74, 6) is 0.248. The second kappa shape index (κ2) is 6.78. The maximum absolute atomic E-state index is 11.8. The molecule has 1 aromatic heterocycles. The Labute approximate surface area is 131 Å². The molecule has 0 aliphatic rings. The Kier molecular flexibility index (Phi) is 5.03. The predicted molar refractivity (Wildman–Crippen MR) is 84.1 cm³/mol. The van der Waals surface area contributed by atoms with Gasteiger partial charge < -0.3 is 14.8 Å². The average molecular weight is 327 g/mol. The van der Waals surface area contributed by atoms with Crippen LogP contribution in [-0.4, -0.2) is 24.7 Å². The highest BCUT2D eigenvalue weighted by molar-refractivity contribution is 7.17. The number of esters is 1. The molecule has 0 atom stereocenters. The van der Waals surface area contributed by atoms with E-state index >= 15 is 0 Å². The highest BCUT2D eigenvalue weighted by Crippen LogP contribution is 2.31. The van der Waals surface area contributed by atoms with Crippen LogP contribution in [0.1, 0.15) is 22.3 Å². The third-order valence-electron chi connectivity index (χ3n) is 2.66. The minimum Gasteiger partial charge on any atom is -0.495 e. The highest BCUT2D eigenvalue weighted by Gasteiger charge is 2.16. The van der Waals surface area contributed by atoms with Crippen LogP contribution in [0, 0.1) is 6.92 Å². The number of aromatic nitrogens is 1. The molecule has 0 unspecified atom stereocenters. The lowest BCUT2D eigenvalue weighted by Crippen LogP contribution is -2.03. The molecule has 1 aromatic carbocycles. The first-order valence-corrected chi connectivity index (χ1v) is 7.49. The Morgan fingerprint density at radius 1 is 1.48 bits per heavy atom. The standard InChI is InChI=1S/C14H15ClN2O3S/c1-4-20-13(18)12-8(2)16-14(21-12)17-9-5-6-11(19-3)10(15)7-9/h5-7H,4H2,1-3H3,(H,16,17). The minimum absolute atomic E-state index is 0.340. The fraction of sp³-hybridized carbons (Fsp3) is 0.286. The number of methoxy groups -OCH3 is 1. The summed E-state index contributed by atoms with van der Waals surface area (Å²) in [5.41, 5.74) is 1.41. The Hall–Kier alpha value is -1.79. The fourth-order valence-corrected chi connectivity index (χ4v) is 2.84. The van der Waals surface area contributed by atoms with Crippen molar-refractivity contribution in [2.24, 2.45) is 0 Å². The Morgan fingerprint density at radius 2 is 2.24 bits per heavy atom. The molecule has 2 aromatic rings. The van der Waals surface area contributed by atoms with E-state index in [0.717, 1.165) is 5.69 Å². The third-order valence-corrected chi connectivity index (χ3v) is 4.01. The van der Waals surface area contributed by atoms with Crippen molar-refractivity contribution in [2.45, 2.75) is 13.8 Å². The quantitative estimate of drug-likeness (QED) is 0.840. The predicted octanol–water partition coefficient (Wildman–Crippen LogP) is 4.03. The van der Waals surface area contributed by atoms with Crippen LogP contribution in [0.3, 0.4) is 0 Å². The lowest BCUT2D eigenvalue weighted by molar-refractivity contribution is 0.0531. The van der Waals surface area contributed by atoms with Gasteiger partial charge in [-0.25, -0.2) is 9.78 Å². The number of anilines is 2. The summed E-state index contributed by atoms with van der Waals surface area (Å²) >= 11 is 7.31. The molecule has 0 saturated carbocycles. The van der Waals surface area contributed by atoms with Gasteiger partial charge in [-0.15, -0.1) is 0 Å². The van der Waals surface area contributed by atoms with Crippen LogP contribution >= 0.6 is 22.9 Å². The molecule has 21 heavy (non-hydrogen) atoms. The number of aryl methyl sites for hydroxylation is 1. The van der Waals surface area contributed by atoms with Crippen molar-refractivity contribution < 1.29 is 14.3 Å². The van der Waals surface area contributed by atoms with Crippen molar-refractivity contribution >= 4 is 39.7 Å². The summed E-state index contributed by atoms with van der Waals surface area (Å²) in [6.45, 7) is 3.88. The molecule has 112 valence electrons. The van der Waals surface area contributed by atoms with E-state index in [4.69, 9.17) is 21.1 Å². The van der Waals surface area contributed by atoms with Crippen LogP contribution in [0.15, 0.2) is 18.2 Å². The summed E-state index contributed by atoms with van der Waals surface area (Å²) in [4.78, 5) is 16.6. The Bertz CT molecular complexity index is 658. The summed E-state index contributed by atoms with van der Waals surface area (Å²) in [7, 11) is 1.56. The van der Waals surface area contributed by atoms with E-state index in [2.05, 4.69) is 10.3 Å². The van der Waals surface area contributed by atoms with Crippen LogP contribution in [0.2, 0.25) is 5.02 Å². The Balaban J connectivity index is 2.18. The summed E-state index contributed by atoms with van der Waals surface area (Å²) in [5, 5.41) is 4.22. The van der Waals surface area contributed by atoms with Gasteiger partial charge in [0.25, 0.3) is 0 Å². The van der Waals surface area contributed by atoms with Crippen molar-refractivity contribution in [3.63, 3.8) is 0 Å². The van der Waals surface area contributed by atoms with Gasteiger partial charge in [0.15, 0.2) is 5.13 Å². The van der Waals surface area contributed by atoms with Crippen molar-refractivity contribution in [3.8, 4) is 5.75 Å².